The first kappa shape index (κ1) is 13.9. The van der Waals surface area contributed by atoms with Gasteiger partial charge in [0, 0.05) is 36.7 Å². The van der Waals surface area contributed by atoms with Gasteiger partial charge in [0.1, 0.15) is 0 Å². The molecule has 0 rings (SSSR count). The topological polar surface area (TPSA) is 76.1 Å². The predicted molar refractivity (Wildman–Crippen MR) is 43.3 cm³/mol. The molecular formula is C6H17FeN4-. The van der Waals surface area contributed by atoms with Crippen molar-refractivity contribution in [3.8, 4) is 0 Å². The molecule has 0 atom stereocenters. The molecule has 0 aliphatic heterocycles. The molecule has 0 heterocycles. The van der Waals surface area contributed by atoms with Crippen molar-refractivity contribution in [3.05, 3.63) is 6.54 Å². The van der Waals surface area contributed by atoms with E-state index in [9.17, 15) is 0 Å². The fourth-order valence-electron chi connectivity index (χ4n) is 0.573. The Morgan fingerprint density at radius 2 is 1.82 bits per heavy atom. The number of nitrogens with one attached hydrogen (secondary N) is 2. The molecule has 0 spiro atoms. The smallest absolute Gasteiger partial charge is 0.00750 e. The first-order valence-corrected chi connectivity index (χ1v) is 3.57. The average molecular weight is 201 g/mol. The summed E-state index contributed by atoms with van der Waals surface area (Å²) in [5.74, 6) is 0. The van der Waals surface area contributed by atoms with Crippen molar-refractivity contribution >= 4 is 0 Å². The molecular weight excluding hydrogens is 184 g/mol. The minimum atomic E-state index is 0. The maximum atomic E-state index is 5.26. The summed E-state index contributed by atoms with van der Waals surface area (Å²) in [5, 5.41) is 6.19. The monoisotopic (exact) mass is 201 g/mol. The number of nitrogens with two attached hydrogens (primary N) is 2. The molecule has 0 radical (unpaired) electrons. The van der Waals surface area contributed by atoms with Crippen LogP contribution >= 0.6 is 0 Å². The number of hydrogen-bond donors (Lipinski definition) is 4. The van der Waals surface area contributed by atoms with Crippen LogP contribution in [0.2, 0.25) is 0 Å². The van der Waals surface area contributed by atoms with Crippen LogP contribution in [0, 0.1) is 6.54 Å². The third kappa shape index (κ3) is 13.4. The first-order chi connectivity index (χ1) is 4.91. The molecule has 6 N–H and O–H groups in total. The van der Waals surface area contributed by atoms with Gasteiger partial charge in [0.15, 0.2) is 0 Å². The Morgan fingerprint density at radius 3 is 2.36 bits per heavy atom. The van der Waals surface area contributed by atoms with E-state index in [2.05, 4.69) is 10.6 Å². The largest absolute Gasteiger partial charge is 0.468 e. The number of rotatable bonds is 7. The minimum absolute atomic E-state index is 0. The molecule has 0 aromatic heterocycles. The van der Waals surface area contributed by atoms with Crippen molar-refractivity contribution in [2.45, 2.75) is 0 Å². The van der Waals surface area contributed by atoms with Gasteiger partial charge in [-0.2, -0.15) is 0 Å². The Bertz CT molecular complexity index is 54.5. The summed E-state index contributed by atoms with van der Waals surface area (Å²) in [6.45, 7) is 5.84. The van der Waals surface area contributed by atoms with Crippen molar-refractivity contribution < 1.29 is 17.1 Å². The number of hydrogen-bond acceptors (Lipinski definition) is 4. The van der Waals surface area contributed by atoms with Gasteiger partial charge in [-0.25, -0.2) is 0 Å². The third-order valence-corrected chi connectivity index (χ3v) is 1.03. The van der Waals surface area contributed by atoms with Gasteiger partial charge in [0.25, 0.3) is 0 Å². The first-order valence-electron chi connectivity index (χ1n) is 3.57. The van der Waals surface area contributed by atoms with Crippen LogP contribution in [0.1, 0.15) is 0 Å². The predicted octanol–water partition coefficient (Wildman–Crippen LogP) is -1.76. The van der Waals surface area contributed by atoms with E-state index in [1.54, 1.807) is 0 Å². The van der Waals surface area contributed by atoms with Crippen molar-refractivity contribution in [3.63, 3.8) is 0 Å². The van der Waals surface area contributed by atoms with E-state index in [0.717, 1.165) is 19.6 Å². The molecule has 0 saturated heterocycles. The minimum Gasteiger partial charge on any atom is -0.468 e. The third-order valence-electron chi connectivity index (χ3n) is 1.03. The molecule has 5 heteroatoms. The van der Waals surface area contributed by atoms with E-state index in [-0.39, 0.29) is 17.1 Å². The molecule has 0 saturated carbocycles. The molecule has 0 aliphatic rings. The van der Waals surface area contributed by atoms with Gasteiger partial charge in [-0.05, 0) is 6.54 Å². The molecule has 4 nitrogen and oxygen atoms in total. The van der Waals surface area contributed by atoms with Crippen LogP contribution in [0.4, 0.5) is 0 Å². The van der Waals surface area contributed by atoms with Crippen molar-refractivity contribution in [1.82, 2.24) is 10.6 Å². The molecule has 0 unspecified atom stereocenters. The van der Waals surface area contributed by atoms with Gasteiger partial charge in [0.2, 0.25) is 0 Å². The van der Waals surface area contributed by atoms with Crippen molar-refractivity contribution in [1.29, 1.82) is 0 Å². The summed E-state index contributed by atoms with van der Waals surface area (Å²) in [4.78, 5) is 0. The molecule has 0 amide bonds. The zero-order valence-corrected chi connectivity index (χ0v) is 7.73. The quantitative estimate of drug-likeness (QED) is 0.223. The average Bonchev–Trinajstić information content (AvgIpc) is 1.97. The fourth-order valence-corrected chi connectivity index (χ4v) is 0.573. The molecule has 70 valence electrons. The Balaban J connectivity index is 0. The second-order valence-electron chi connectivity index (χ2n) is 1.93. The molecule has 0 aromatic rings. The van der Waals surface area contributed by atoms with Gasteiger partial charge >= 0.3 is 0 Å². The van der Waals surface area contributed by atoms with Gasteiger partial charge < -0.3 is 22.1 Å². The molecule has 11 heavy (non-hydrogen) atoms. The Kier molecular flexibility index (Phi) is 16.4. The van der Waals surface area contributed by atoms with Crippen LogP contribution < -0.4 is 22.1 Å². The maximum Gasteiger partial charge on any atom is 0.00750 e. The summed E-state index contributed by atoms with van der Waals surface area (Å²) in [6, 6.07) is 0. The molecule has 0 bridgehead atoms. The summed E-state index contributed by atoms with van der Waals surface area (Å²) in [7, 11) is 0. The Labute approximate surface area is 78.9 Å². The van der Waals surface area contributed by atoms with Crippen LogP contribution in [-0.4, -0.2) is 32.7 Å². The standard InChI is InChI=1S/C6H17N4.Fe/c7-1-3-9-5-6-10-4-2-8;/h3,9-10H,1-2,4-8H2;/q-1;. The van der Waals surface area contributed by atoms with E-state index >= 15 is 0 Å². The Morgan fingerprint density at radius 1 is 1.09 bits per heavy atom. The summed E-state index contributed by atoms with van der Waals surface area (Å²) in [5.41, 5.74) is 10.5. The van der Waals surface area contributed by atoms with E-state index < -0.39 is 0 Å². The van der Waals surface area contributed by atoms with Crippen LogP contribution in [0.5, 0.6) is 0 Å². The molecule has 0 aromatic carbocycles. The van der Waals surface area contributed by atoms with E-state index in [4.69, 9.17) is 11.5 Å². The zero-order valence-electron chi connectivity index (χ0n) is 6.62. The molecule has 0 fully saturated rings. The zero-order chi connectivity index (χ0) is 7.66. The van der Waals surface area contributed by atoms with Crippen molar-refractivity contribution in [2.24, 2.45) is 11.5 Å². The van der Waals surface area contributed by atoms with Gasteiger partial charge in [-0.15, -0.1) is 6.54 Å². The van der Waals surface area contributed by atoms with E-state index in [0.29, 0.717) is 13.1 Å². The van der Waals surface area contributed by atoms with Crippen molar-refractivity contribution in [2.75, 3.05) is 32.7 Å². The summed E-state index contributed by atoms with van der Waals surface area (Å²) in [6.07, 6.45) is 0. The van der Waals surface area contributed by atoms with Crippen LogP contribution in [0.25, 0.3) is 0 Å². The molecule has 0 aliphatic carbocycles. The second-order valence-corrected chi connectivity index (χ2v) is 1.93. The van der Waals surface area contributed by atoms with Gasteiger partial charge in [0.05, 0.1) is 0 Å². The van der Waals surface area contributed by atoms with Crippen LogP contribution in [0.3, 0.4) is 0 Å². The van der Waals surface area contributed by atoms with E-state index in [1.165, 1.54) is 0 Å². The van der Waals surface area contributed by atoms with Gasteiger partial charge in [-0.3, -0.25) is 6.54 Å². The fraction of sp³-hybridized carbons (Fsp3) is 0.833. The maximum absolute atomic E-state index is 5.26. The SMILES string of the molecule is NC[CH-]NCCNCCN.[Fe]. The van der Waals surface area contributed by atoms with Crippen LogP contribution in [-0.2, 0) is 17.1 Å². The Hall–Kier alpha value is 0.359. The van der Waals surface area contributed by atoms with E-state index in [1.807, 2.05) is 6.54 Å². The van der Waals surface area contributed by atoms with Crippen LogP contribution in [0.15, 0.2) is 0 Å². The summed E-state index contributed by atoms with van der Waals surface area (Å²) >= 11 is 0. The normalized spacial score (nSPS) is 9.27. The summed E-state index contributed by atoms with van der Waals surface area (Å²) < 4.78 is 0. The van der Waals surface area contributed by atoms with Gasteiger partial charge in [-0.1, -0.05) is 0 Å². The second kappa shape index (κ2) is 13.0.